The monoisotopic (exact) mass is 255 g/mol. The Morgan fingerprint density at radius 2 is 1.72 bits per heavy atom. The molecule has 0 unspecified atom stereocenters. The average molecular weight is 255 g/mol. The fourth-order valence-electron chi connectivity index (χ4n) is 2.23. The molecule has 0 bridgehead atoms. The van der Waals surface area contributed by atoms with Crippen molar-refractivity contribution in [1.29, 1.82) is 0 Å². The van der Waals surface area contributed by atoms with E-state index in [1.54, 1.807) is 0 Å². The summed E-state index contributed by atoms with van der Waals surface area (Å²) in [6.07, 6.45) is 4.41. The van der Waals surface area contributed by atoms with Gasteiger partial charge in [-0.05, 0) is 31.6 Å². The first-order chi connectivity index (χ1) is 8.32. The number of hydrogen-bond acceptors (Lipinski definition) is 3. The van der Waals surface area contributed by atoms with Crippen LogP contribution in [0.1, 0.15) is 52.9 Å². The predicted molar refractivity (Wildman–Crippen MR) is 70.0 cm³/mol. The highest BCUT2D eigenvalue weighted by molar-refractivity contribution is 5.81. The van der Waals surface area contributed by atoms with Crippen molar-refractivity contribution in [3.8, 4) is 0 Å². The van der Waals surface area contributed by atoms with Gasteiger partial charge in [0, 0.05) is 17.9 Å². The minimum atomic E-state index is -0.330. The molecule has 18 heavy (non-hydrogen) atoms. The van der Waals surface area contributed by atoms with E-state index in [0.717, 1.165) is 25.7 Å². The van der Waals surface area contributed by atoms with E-state index in [1.807, 2.05) is 20.8 Å². The van der Waals surface area contributed by atoms with E-state index in [9.17, 15) is 9.59 Å². The van der Waals surface area contributed by atoms with Crippen LogP contribution in [0.15, 0.2) is 0 Å². The molecule has 0 heterocycles. The SMILES string of the molecule is COC(=O)CC1CCC(NC(=O)C(C)(C)C)CC1. The van der Waals surface area contributed by atoms with Crippen molar-refractivity contribution in [3.63, 3.8) is 0 Å². The van der Waals surface area contributed by atoms with Crippen molar-refractivity contribution < 1.29 is 14.3 Å². The standard InChI is InChI=1S/C14H25NO3/c1-14(2,3)13(17)15-11-7-5-10(6-8-11)9-12(16)18-4/h10-11H,5-9H2,1-4H3,(H,15,17). The van der Waals surface area contributed by atoms with E-state index < -0.39 is 0 Å². The van der Waals surface area contributed by atoms with Gasteiger partial charge in [0.25, 0.3) is 0 Å². The maximum absolute atomic E-state index is 11.9. The normalized spacial score (nSPS) is 24.4. The lowest BCUT2D eigenvalue weighted by Gasteiger charge is -2.30. The van der Waals surface area contributed by atoms with Gasteiger partial charge in [0.1, 0.15) is 0 Å². The van der Waals surface area contributed by atoms with Gasteiger partial charge in [-0.1, -0.05) is 20.8 Å². The van der Waals surface area contributed by atoms with Gasteiger partial charge in [-0.25, -0.2) is 0 Å². The predicted octanol–water partition coefficient (Wildman–Crippen LogP) is 2.27. The molecule has 1 saturated carbocycles. The summed E-state index contributed by atoms with van der Waals surface area (Å²) in [5, 5.41) is 3.09. The van der Waals surface area contributed by atoms with Crippen molar-refractivity contribution in [2.24, 2.45) is 11.3 Å². The number of methoxy groups -OCH3 is 1. The third kappa shape index (κ3) is 4.67. The molecular formula is C14H25NO3. The molecule has 1 N–H and O–H groups in total. The van der Waals surface area contributed by atoms with Gasteiger partial charge in [0.05, 0.1) is 7.11 Å². The second-order valence-electron chi connectivity index (χ2n) is 6.22. The van der Waals surface area contributed by atoms with Crippen molar-refractivity contribution in [3.05, 3.63) is 0 Å². The smallest absolute Gasteiger partial charge is 0.305 e. The zero-order chi connectivity index (χ0) is 13.8. The van der Waals surface area contributed by atoms with E-state index >= 15 is 0 Å². The van der Waals surface area contributed by atoms with Gasteiger partial charge in [0.15, 0.2) is 0 Å². The summed E-state index contributed by atoms with van der Waals surface area (Å²) in [6.45, 7) is 5.77. The van der Waals surface area contributed by atoms with Crippen LogP contribution in [0.4, 0.5) is 0 Å². The number of carbonyl (C=O) groups is 2. The van der Waals surface area contributed by atoms with Gasteiger partial charge < -0.3 is 10.1 Å². The molecule has 1 aliphatic carbocycles. The third-order valence-electron chi connectivity index (χ3n) is 3.55. The Morgan fingerprint density at radius 1 is 1.17 bits per heavy atom. The molecule has 0 aromatic rings. The minimum absolute atomic E-state index is 0.110. The van der Waals surface area contributed by atoms with Crippen LogP contribution < -0.4 is 5.32 Å². The van der Waals surface area contributed by atoms with E-state index in [2.05, 4.69) is 10.1 Å². The highest BCUT2D eigenvalue weighted by Crippen LogP contribution is 2.27. The van der Waals surface area contributed by atoms with Crippen LogP contribution in [0, 0.1) is 11.3 Å². The Hall–Kier alpha value is -1.06. The first-order valence-electron chi connectivity index (χ1n) is 6.70. The molecular weight excluding hydrogens is 230 g/mol. The number of ether oxygens (including phenoxy) is 1. The molecule has 0 aromatic carbocycles. The Morgan fingerprint density at radius 3 is 2.17 bits per heavy atom. The van der Waals surface area contributed by atoms with Crippen LogP contribution in [0.25, 0.3) is 0 Å². The number of esters is 1. The van der Waals surface area contributed by atoms with Crippen LogP contribution in [0.5, 0.6) is 0 Å². The van der Waals surface area contributed by atoms with Crippen molar-refractivity contribution in [1.82, 2.24) is 5.32 Å². The van der Waals surface area contributed by atoms with Gasteiger partial charge >= 0.3 is 5.97 Å². The van der Waals surface area contributed by atoms with Crippen LogP contribution in [0.3, 0.4) is 0 Å². The third-order valence-corrected chi connectivity index (χ3v) is 3.55. The molecule has 1 amide bonds. The number of rotatable bonds is 3. The zero-order valence-corrected chi connectivity index (χ0v) is 11.9. The number of nitrogens with one attached hydrogen (secondary N) is 1. The van der Waals surface area contributed by atoms with E-state index in [1.165, 1.54) is 7.11 Å². The lowest BCUT2D eigenvalue weighted by molar-refractivity contribution is -0.142. The zero-order valence-electron chi connectivity index (χ0n) is 11.9. The molecule has 4 heteroatoms. The van der Waals surface area contributed by atoms with E-state index in [4.69, 9.17) is 0 Å². The fourth-order valence-corrected chi connectivity index (χ4v) is 2.23. The highest BCUT2D eigenvalue weighted by atomic mass is 16.5. The minimum Gasteiger partial charge on any atom is -0.469 e. The maximum atomic E-state index is 11.9. The molecule has 0 saturated heterocycles. The lowest BCUT2D eigenvalue weighted by Crippen LogP contribution is -2.43. The van der Waals surface area contributed by atoms with Crippen LogP contribution >= 0.6 is 0 Å². The van der Waals surface area contributed by atoms with E-state index in [0.29, 0.717) is 12.3 Å². The van der Waals surface area contributed by atoms with Crippen molar-refractivity contribution in [2.75, 3.05) is 7.11 Å². The Kier molecular flexibility index (Phi) is 5.17. The van der Waals surface area contributed by atoms with Crippen LogP contribution in [-0.2, 0) is 14.3 Å². The summed E-state index contributed by atoms with van der Waals surface area (Å²) in [6, 6.07) is 0.269. The maximum Gasteiger partial charge on any atom is 0.305 e. The molecule has 4 nitrogen and oxygen atoms in total. The molecule has 0 radical (unpaired) electrons. The largest absolute Gasteiger partial charge is 0.469 e. The summed E-state index contributed by atoms with van der Waals surface area (Å²) >= 11 is 0. The second kappa shape index (κ2) is 6.21. The van der Waals surface area contributed by atoms with Crippen molar-refractivity contribution >= 4 is 11.9 Å². The average Bonchev–Trinajstić information content (AvgIpc) is 2.30. The van der Waals surface area contributed by atoms with Gasteiger partial charge in [0.2, 0.25) is 5.91 Å². The topological polar surface area (TPSA) is 55.4 Å². The van der Waals surface area contributed by atoms with E-state index in [-0.39, 0.29) is 23.3 Å². The van der Waals surface area contributed by atoms with Gasteiger partial charge in [-0.2, -0.15) is 0 Å². The number of amides is 1. The number of hydrogen-bond donors (Lipinski definition) is 1. The molecule has 1 fully saturated rings. The van der Waals surface area contributed by atoms with Crippen molar-refractivity contribution in [2.45, 2.75) is 58.9 Å². The summed E-state index contributed by atoms with van der Waals surface area (Å²) in [5.74, 6) is 0.399. The molecule has 104 valence electrons. The quantitative estimate of drug-likeness (QED) is 0.787. The van der Waals surface area contributed by atoms with Crippen LogP contribution in [0.2, 0.25) is 0 Å². The highest BCUT2D eigenvalue weighted by Gasteiger charge is 2.28. The fraction of sp³-hybridized carbons (Fsp3) is 0.857. The molecule has 0 atom stereocenters. The summed E-state index contributed by atoms with van der Waals surface area (Å²) < 4.78 is 4.68. The first kappa shape index (κ1) is 15.0. The Bertz CT molecular complexity index is 299. The second-order valence-corrected chi connectivity index (χ2v) is 6.22. The molecule has 0 aliphatic heterocycles. The van der Waals surface area contributed by atoms with Gasteiger partial charge in [-0.15, -0.1) is 0 Å². The summed E-state index contributed by atoms with van der Waals surface area (Å²) in [5.41, 5.74) is -0.330. The Labute approximate surface area is 109 Å². The molecule has 1 rings (SSSR count). The first-order valence-corrected chi connectivity index (χ1v) is 6.70. The van der Waals surface area contributed by atoms with Crippen LogP contribution in [-0.4, -0.2) is 25.0 Å². The summed E-state index contributed by atoms with van der Waals surface area (Å²) in [7, 11) is 1.43. The molecule has 0 aromatic heterocycles. The number of carbonyl (C=O) groups excluding carboxylic acids is 2. The van der Waals surface area contributed by atoms with Gasteiger partial charge in [-0.3, -0.25) is 9.59 Å². The Balaban J connectivity index is 2.32. The molecule has 1 aliphatic rings. The summed E-state index contributed by atoms with van der Waals surface area (Å²) in [4.78, 5) is 23.0. The molecule has 0 spiro atoms. The lowest BCUT2D eigenvalue weighted by atomic mass is 9.83.